The minimum atomic E-state index is 0.287. The first-order valence-electron chi connectivity index (χ1n) is 5.02. The van der Waals surface area contributed by atoms with Crippen LogP contribution in [0.3, 0.4) is 0 Å². The smallest absolute Gasteiger partial charge is 0.293 e. The van der Waals surface area contributed by atoms with Crippen LogP contribution in [0.4, 0.5) is 0 Å². The highest BCUT2D eigenvalue weighted by atomic mass is 32.1. The highest BCUT2D eigenvalue weighted by Crippen LogP contribution is 2.23. The fraction of sp³-hybridized carbons (Fsp3) is 0.167. The second-order valence-corrected chi connectivity index (χ2v) is 3.83. The number of aromatic nitrogens is 1. The fourth-order valence-electron chi connectivity index (χ4n) is 1.04. The van der Waals surface area contributed by atoms with Crippen molar-refractivity contribution in [1.29, 1.82) is 0 Å². The van der Waals surface area contributed by atoms with Crippen molar-refractivity contribution in [2.24, 2.45) is 0 Å². The van der Waals surface area contributed by atoms with Crippen LogP contribution in [-0.2, 0) is 9.53 Å². The standard InChI is InChI=1S/C9H7NOS.C3H6O2/c11-8-3-1-7(2-4-8)9-10-5-6-12-9;1-2-5-3-4/h1-6,11H;3H,2H2,1H3. The lowest BCUT2D eigenvalue weighted by molar-refractivity contribution is -0.128. The Kier molecular flexibility index (Phi) is 5.74. The lowest BCUT2D eigenvalue weighted by atomic mass is 10.2. The van der Waals surface area contributed by atoms with Gasteiger partial charge in [0, 0.05) is 17.1 Å². The van der Waals surface area contributed by atoms with E-state index >= 15 is 0 Å². The first-order chi connectivity index (χ1) is 8.27. The van der Waals surface area contributed by atoms with E-state index < -0.39 is 0 Å². The Bertz CT molecular complexity index is 426. The molecule has 2 rings (SSSR count). The molecule has 0 aliphatic rings. The van der Waals surface area contributed by atoms with Crippen LogP contribution < -0.4 is 0 Å². The van der Waals surface area contributed by atoms with E-state index in [9.17, 15) is 4.79 Å². The van der Waals surface area contributed by atoms with Gasteiger partial charge in [0.05, 0.1) is 6.61 Å². The Morgan fingerprint density at radius 3 is 2.53 bits per heavy atom. The molecule has 0 unspecified atom stereocenters. The largest absolute Gasteiger partial charge is 0.508 e. The highest BCUT2D eigenvalue weighted by Gasteiger charge is 1.98. The van der Waals surface area contributed by atoms with Gasteiger partial charge in [-0.25, -0.2) is 4.98 Å². The molecule has 1 heterocycles. The first-order valence-corrected chi connectivity index (χ1v) is 5.90. The van der Waals surface area contributed by atoms with Crippen molar-refractivity contribution in [3.63, 3.8) is 0 Å². The van der Waals surface area contributed by atoms with Crippen LogP contribution in [0.25, 0.3) is 10.6 Å². The summed E-state index contributed by atoms with van der Waals surface area (Å²) in [6, 6.07) is 7.04. The van der Waals surface area contributed by atoms with E-state index in [1.807, 2.05) is 17.5 Å². The third-order valence-electron chi connectivity index (χ3n) is 1.78. The molecule has 0 aliphatic heterocycles. The van der Waals surface area contributed by atoms with Crippen molar-refractivity contribution in [3.05, 3.63) is 35.8 Å². The Balaban J connectivity index is 0.000000249. The molecule has 90 valence electrons. The van der Waals surface area contributed by atoms with E-state index in [-0.39, 0.29) is 5.75 Å². The summed E-state index contributed by atoms with van der Waals surface area (Å²) in [6.45, 7) is 2.66. The summed E-state index contributed by atoms with van der Waals surface area (Å²) in [5.41, 5.74) is 1.04. The Morgan fingerprint density at radius 2 is 2.12 bits per heavy atom. The van der Waals surface area contributed by atoms with Gasteiger partial charge in [-0.1, -0.05) is 0 Å². The average Bonchev–Trinajstić information content (AvgIpc) is 2.85. The number of phenolic OH excluding ortho intramolecular Hbond substituents is 1. The van der Waals surface area contributed by atoms with Crippen LogP contribution in [0, 0.1) is 0 Å². The second kappa shape index (κ2) is 7.40. The Hall–Kier alpha value is -1.88. The molecule has 0 saturated carbocycles. The molecule has 0 fully saturated rings. The zero-order valence-electron chi connectivity index (χ0n) is 9.37. The van der Waals surface area contributed by atoms with Crippen LogP contribution in [-0.4, -0.2) is 23.2 Å². The zero-order chi connectivity index (χ0) is 12.5. The van der Waals surface area contributed by atoms with E-state index in [1.165, 1.54) is 0 Å². The van der Waals surface area contributed by atoms with E-state index in [0.717, 1.165) is 10.6 Å². The zero-order valence-corrected chi connectivity index (χ0v) is 10.2. The van der Waals surface area contributed by atoms with Crippen molar-refractivity contribution in [3.8, 4) is 16.3 Å². The van der Waals surface area contributed by atoms with Gasteiger partial charge in [0.1, 0.15) is 10.8 Å². The van der Waals surface area contributed by atoms with Gasteiger partial charge in [-0.3, -0.25) is 4.79 Å². The number of benzene rings is 1. The minimum absolute atomic E-state index is 0.287. The predicted octanol–water partition coefficient (Wildman–Crippen LogP) is 2.70. The third-order valence-corrected chi connectivity index (χ3v) is 2.60. The molecule has 1 aromatic heterocycles. The lowest BCUT2D eigenvalue weighted by Crippen LogP contribution is -1.80. The maximum atomic E-state index is 9.18. The maximum absolute atomic E-state index is 9.18. The topological polar surface area (TPSA) is 59.4 Å². The van der Waals surface area contributed by atoms with Gasteiger partial charge in [-0.2, -0.15) is 0 Å². The second-order valence-electron chi connectivity index (χ2n) is 2.94. The van der Waals surface area contributed by atoms with E-state index in [2.05, 4.69) is 9.72 Å². The summed E-state index contributed by atoms with van der Waals surface area (Å²) in [4.78, 5) is 13.3. The molecular formula is C12H13NO3S. The predicted molar refractivity (Wildman–Crippen MR) is 66.9 cm³/mol. The van der Waals surface area contributed by atoms with E-state index in [1.54, 1.807) is 36.6 Å². The van der Waals surface area contributed by atoms with Crippen LogP contribution in [0.15, 0.2) is 35.8 Å². The highest BCUT2D eigenvalue weighted by molar-refractivity contribution is 7.13. The first kappa shape index (κ1) is 13.2. The third kappa shape index (κ3) is 4.65. The number of carbonyl (C=O) groups is 1. The lowest BCUT2D eigenvalue weighted by Gasteiger charge is -1.94. The molecule has 0 bridgehead atoms. The van der Waals surface area contributed by atoms with Crippen LogP contribution in [0.1, 0.15) is 6.92 Å². The SMILES string of the molecule is CCOC=O.Oc1ccc(-c2nccs2)cc1. The summed E-state index contributed by atoms with van der Waals surface area (Å²) in [6.07, 6.45) is 1.77. The van der Waals surface area contributed by atoms with Gasteiger partial charge >= 0.3 is 0 Å². The summed E-state index contributed by atoms with van der Waals surface area (Å²) in [7, 11) is 0. The molecule has 0 aliphatic carbocycles. The minimum Gasteiger partial charge on any atom is -0.508 e. The number of phenols is 1. The summed E-state index contributed by atoms with van der Waals surface area (Å²) >= 11 is 1.59. The number of hydrogen-bond acceptors (Lipinski definition) is 5. The van der Waals surface area contributed by atoms with Gasteiger partial charge in [0.15, 0.2) is 0 Å². The molecule has 2 aromatic rings. The van der Waals surface area contributed by atoms with Gasteiger partial charge < -0.3 is 9.84 Å². The summed E-state index contributed by atoms with van der Waals surface area (Å²) < 4.78 is 4.15. The van der Waals surface area contributed by atoms with Gasteiger partial charge in [0.2, 0.25) is 0 Å². The van der Waals surface area contributed by atoms with Crippen LogP contribution in [0.5, 0.6) is 5.75 Å². The van der Waals surface area contributed by atoms with E-state index in [0.29, 0.717) is 13.1 Å². The normalized spacial score (nSPS) is 9.00. The quantitative estimate of drug-likeness (QED) is 0.852. The monoisotopic (exact) mass is 251 g/mol. The van der Waals surface area contributed by atoms with Crippen LogP contribution in [0.2, 0.25) is 0 Å². The molecule has 0 spiro atoms. The number of rotatable bonds is 3. The van der Waals surface area contributed by atoms with E-state index in [4.69, 9.17) is 5.11 Å². The van der Waals surface area contributed by atoms with Crippen molar-refractivity contribution in [2.75, 3.05) is 6.61 Å². The van der Waals surface area contributed by atoms with Crippen molar-refractivity contribution < 1.29 is 14.6 Å². The Morgan fingerprint density at radius 1 is 1.41 bits per heavy atom. The van der Waals surface area contributed by atoms with Gasteiger partial charge in [-0.15, -0.1) is 11.3 Å². The average molecular weight is 251 g/mol. The molecule has 0 atom stereocenters. The molecule has 1 N–H and O–H groups in total. The van der Waals surface area contributed by atoms with Gasteiger partial charge in [0.25, 0.3) is 6.47 Å². The van der Waals surface area contributed by atoms with Crippen molar-refractivity contribution in [1.82, 2.24) is 4.98 Å². The number of aromatic hydroxyl groups is 1. The number of thiazole rings is 1. The molecule has 17 heavy (non-hydrogen) atoms. The summed E-state index contributed by atoms with van der Waals surface area (Å²) in [5, 5.41) is 12.0. The summed E-state index contributed by atoms with van der Waals surface area (Å²) in [5.74, 6) is 0.287. The maximum Gasteiger partial charge on any atom is 0.293 e. The molecule has 0 radical (unpaired) electrons. The van der Waals surface area contributed by atoms with Crippen molar-refractivity contribution in [2.45, 2.75) is 6.92 Å². The molecule has 0 saturated heterocycles. The fourth-order valence-corrected chi connectivity index (χ4v) is 1.68. The van der Waals surface area contributed by atoms with Crippen LogP contribution >= 0.6 is 11.3 Å². The molecule has 4 nitrogen and oxygen atoms in total. The Labute approximate surface area is 104 Å². The number of carbonyl (C=O) groups excluding carboxylic acids is 1. The molecule has 1 aromatic carbocycles. The number of nitrogens with zero attached hydrogens (tertiary/aromatic N) is 1. The van der Waals surface area contributed by atoms with Gasteiger partial charge in [-0.05, 0) is 31.2 Å². The van der Waals surface area contributed by atoms with Crippen molar-refractivity contribution >= 4 is 17.8 Å². The molecular weight excluding hydrogens is 238 g/mol. The number of hydrogen-bond donors (Lipinski definition) is 1. The molecule has 0 amide bonds. The molecule has 5 heteroatoms. The number of ether oxygens (including phenoxy) is 1.